The Kier molecular flexibility index (Phi) is 3.98. The van der Waals surface area contributed by atoms with Crippen LogP contribution in [0.3, 0.4) is 0 Å². The fraction of sp³-hybridized carbons (Fsp3) is 0.667. The summed E-state index contributed by atoms with van der Waals surface area (Å²) in [5.41, 5.74) is 9.24. The zero-order chi connectivity index (χ0) is 15.0. The van der Waals surface area contributed by atoms with Crippen LogP contribution in [0, 0.1) is 0 Å². The highest BCUT2D eigenvalue weighted by Crippen LogP contribution is 2.50. The third kappa shape index (κ3) is 2.82. The Morgan fingerprint density at radius 1 is 0.952 bits per heavy atom. The van der Waals surface area contributed by atoms with E-state index in [1.54, 1.807) is 0 Å². The van der Waals surface area contributed by atoms with Gasteiger partial charge in [-0.25, -0.2) is 0 Å². The van der Waals surface area contributed by atoms with Gasteiger partial charge in [-0.2, -0.15) is 0 Å². The number of rotatable bonds is 4. The van der Waals surface area contributed by atoms with E-state index in [2.05, 4.69) is 54.8 Å². The van der Waals surface area contributed by atoms with Crippen LogP contribution in [0.15, 0.2) is 24.3 Å². The second-order valence-corrected chi connectivity index (χ2v) is 7.11. The average Bonchev–Trinajstić information content (AvgIpc) is 3.29. The predicted molar refractivity (Wildman–Crippen MR) is 89.9 cm³/mol. The summed E-state index contributed by atoms with van der Waals surface area (Å²) in [7, 11) is 0. The summed E-state index contributed by atoms with van der Waals surface area (Å²) in [6, 6.07) is 10.1. The molecule has 1 heterocycles. The molecule has 2 N–H and O–H groups in total. The molecule has 2 aliphatic rings. The lowest BCUT2D eigenvalue weighted by atomic mass is 9.89. The van der Waals surface area contributed by atoms with Crippen molar-refractivity contribution >= 4 is 5.69 Å². The molecule has 1 aliphatic carbocycles. The van der Waals surface area contributed by atoms with Crippen LogP contribution in [0.25, 0.3) is 0 Å². The van der Waals surface area contributed by atoms with Gasteiger partial charge in [0.25, 0.3) is 0 Å². The third-order valence-electron chi connectivity index (χ3n) is 5.51. The van der Waals surface area contributed by atoms with Gasteiger partial charge in [-0.1, -0.05) is 12.1 Å². The molecule has 1 aromatic carbocycles. The van der Waals surface area contributed by atoms with Crippen molar-refractivity contribution in [3.8, 4) is 0 Å². The number of nitrogens with two attached hydrogens (primary N) is 1. The zero-order valence-corrected chi connectivity index (χ0v) is 13.7. The predicted octanol–water partition coefficient (Wildman–Crippen LogP) is 2.60. The minimum Gasteiger partial charge on any atom is -0.369 e. The maximum absolute atomic E-state index is 6.17. The highest BCUT2D eigenvalue weighted by atomic mass is 15.3. The molecule has 1 saturated heterocycles. The quantitative estimate of drug-likeness (QED) is 0.924. The number of hydrogen-bond acceptors (Lipinski definition) is 3. The van der Waals surface area contributed by atoms with Gasteiger partial charge in [0.2, 0.25) is 0 Å². The molecule has 1 atom stereocenters. The van der Waals surface area contributed by atoms with E-state index in [1.807, 2.05) is 0 Å². The van der Waals surface area contributed by atoms with Gasteiger partial charge >= 0.3 is 0 Å². The lowest BCUT2D eigenvalue weighted by Crippen LogP contribution is -2.48. The van der Waals surface area contributed by atoms with Crippen molar-refractivity contribution in [1.29, 1.82) is 0 Å². The van der Waals surface area contributed by atoms with Gasteiger partial charge in [-0.3, -0.25) is 4.90 Å². The molecule has 2 fully saturated rings. The van der Waals surface area contributed by atoms with Gasteiger partial charge < -0.3 is 10.6 Å². The summed E-state index contributed by atoms with van der Waals surface area (Å²) in [4.78, 5) is 5.06. The van der Waals surface area contributed by atoms with E-state index >= 15 is 0 Å². The second kappa shape index (κ2) is 5.62. The van der Waals surface area contributed by atoms with Crippen molar-refractivity contribution in [2.75, 3.05) is 31.1 Å². The Morgan fingerprint density at radius 2 is 1.52 bits per heavy atom. The second-order valence-electron chi connectivity index (χ2n) is 7.11. The summed E-state index contributed by atoms with van der Waals surface area (Å²) in [5, 5.41) is 0. The minimum absolute atomic E-state index is 0.262. The van der Waals surface area contributed by atoms with Gasteiger partial charge in [0.05, 0.1) is 0 Å². The van der Waals surface area contributed by atoms with Gasteiger partial charge in [-0.05, 0) is 51.3 Å². The zero-order valence-electron chi connectivity index (χ0n) is 13.7. The Bertz CT molecular complexity index is 466. The third-order valence-corrected chi connectivity index (χ3v) is 5.51. The average molecular weight is 287 g/mol. The summed E-state index contributed by atoms with van der Waals surface area (Å²) >= 11 is 0. The van der Waals surface area contributed by atoms with Crippen LogP contribution in [0.4, 0.5) is 5.69 Å². The summed E-state index contributed by atoms with van der Waals surface area (Å²) in [5.74, 6) is 0. The highest BCUT2D eigenvalue weighted by molar-refractivity contribution is 5.50. The maximum atomic E-state index is 6.17. The molecule has 21 heavy (non-hydrogen) atoms. The van der Waals surface area contributed by atoms with Crippen molar-refractivity contribution in [2.24, 2.45) is 5.73 Å². The topological polar surface area (TPSA) is 32.5 Å². The molecular weight excluding hydrogens is 258 g/mol. The Balaban J connectivity index is 1.66. The summed E-state index contributed by atoms with van der Waals surface area (Å²) in [6.07, 6.45) is 2.49. The molecule has 0 aromatic heterocycles. The first-order chi connectivity index (χ1) is 10.0. The van der Waals surface area contributed by atoms with Gasteiger partial charge in [0.15, 0.2) is 0 Å². The molecule has 116 valence electrons. The van der Waals surface area contributed by atoms with E-state index in [9.17, 15) is 0 Å². The van der Waals surface area contributed by atoms with E-state index in [4.69, 9.17) is 5.73 Å². The molecule has 0 amide bonds. The van der Waals surface area contributed by atoms with Crippen LogP contribution >= 0.6 is 0 Å². The van der Waals surface area contributed by atoms with E-state index in [0.29, 0.717) is 6.04 Å². The van der Waals surface area contributed by atoms with Gasteiger partial charge in [-0.15, -0.1) is 0 Å². The lowest BCUT2D eigenvalue weighted by molar-refractivity contribution is 0.209. The van der Waals surface area contributed by atoms with Crippen LogP contribution in [-0.2, 0) is 5.41 Å². The molecule has 0 radical (unpaired) electrons. The monoisotopic (exact) mass is 287 g/mol. The Hall–Kier alpha value is -1.06. The van der Waals surface area contributed by atoms with Crippen molar-refractivity contribution < 1.29 is 0 Å². The molecule has 3 rings (SSSR count). The van der Waals surface area contributed by atoms with Crippen molar-refractivity contribution in [2.45, 2.75) is 51.1 Å². The van der Waals surface area contributed by atoms with Crippen LogP contribution in [0.2, 0.25) is 0 Å². The fourth-order valence-corrected chi connectivity index (χ4v) is 3.64. The number of piperazine rings is 1. The van der Waals surface area contributed by atoms with E-state index in [-0.39, 0.29) is 11.5 Å². The van der Waals surface area contributed by atoms with E-state index in [1.165, 1.54) is 37.2 Å². The first-order valence-electron chi connectivity index (χ1n) is 8.38. The van der Waals surface area contributed by atoms with Crippen LogP contribution in [0.5, 0.6) is 0 Å². The molecule has 3 heteroatoms. The van der Waals surface area contributed by atoms with Crippen LogP contribution < -0.4 is 10.6 Å². The van der Waals surface area contributed by atoms with Crippen molar-refractivity contribution in [3.05, 3.63) is 29.8 Å². The van der Waals surface area contributed by atoms with Gasteiger partial charge in [0, 0.05) is 49.4 Å². The fourth-order valence-electron chi connectivity index (χ4n) is 3.64. The SMILES string of the molecule is CC(C)N1CCN(c2ccc(C3(C(C)N)CC3)cc2)CC1. The molecule has 1 saturated carbocycles. The molecule has 1 aromatic rings. The standard InChI is InChI=1S/C18H29N3/c1-14(2)20-10-12-21(13-11-20)17-6-4-16(5-7-17)18(8-9-18)15(3)19/h4-7,14-15H,8-13,19H2,1-3H3. The highest BCUT2D eigenvalue weighted by Gasteiger charge is 2.47. The maximum Gasteiger partial charge on any atom is 0.0367 e. The van der Waals surface area contributed by atoms with Crippen molar-refractivity contribution in [1.82, 2.24) is 4.90 Å². The summed E-state index contributed by atoms with van der Waals surface area (Å²) < 4.78 is 0. The first-order valence-corrected chi connectivity index (χ1v) is 8.38. The van der Waals surface area contributed by atoms with E-state index in [0.717, 1.165) is 13.1 Å². The molecular formula is C18H29N3. The number of nitrogens with zero attached hydrogens (tertiary/aromatic N) is 2. The largest absolute Gasteiger partial charge is 0.369 e. The number of benzene rings is 1. The minimum atomic E-state index is 0.262. The van der Waals surface area contributed by atoms with Crippen LogP contribution in [0.1, 0.15) is 39.2 Å². The normalized spacial score (nSPS) is 23.4. The van der Waals surface area contributed by atoms with Gasteiger partial charge in [0.1, 0.15) is 0 Å². The molecule has 0 spiro atoms. The van der Waals surface area contributed by atoms with Crippen LogP contribution in [-0.4, -0.2) is 43.2 Å². The number of anilines is 1. The Labute approximate surface area is 129 Å². The molecule has 1 aliphatic heterocycles. The molecule has 0 bridgehead atoms. The first kappa shape index (κ1) is 14.9. The van der Waals surface area contributed by atoms with E-state index < -0.39 is 0 Å². The lowest BCUT2D eigenvalue weighted by Gasteiger charge is -2.38. The summed E-state index contributed by atoms with van der Waals surface area (Å²) in [6.45, 7) is 11.3. The Morgan fingerprint density at radius 3 is 1.95 bits per heavy atom. The van der Waals surface area contributed by atoms with Crippen molar-refractivity contribution in [3.63, 3.8) is 0 Å². The molecule has 1 unspecified atom stereocenters. The number of hydrogen-bond donors (Lipinski definition) is 1. The molecule has 3 nitrogen and oxygen atoms in total. The smallest absolute Gasteiger partial charge is 0.0367 e.